The van der Waals surface area contributed by atoms with Gasteiger partial charge in [0.25, 0.3) is 0 Å². The highest BCUT2D eigenvalue weighted by molar-refractivity contribution is 5.50. The van der Waals surface area contributed by atoms with E-state index in [1.165, 1.54) is 12.1 Å². The van der Waals surface area contributed by atoms with Crippen LogP contribution in [0.25, 0.3) is 0 Å². The van der Waals surface area contributed by atoms with E-state index >= 15 is 0 Å². The van der Waals surface area contributed by atoms with Crippen molar-refractivity contribution >= 4 is 5.69 Å². The predicted molar refractivity (Wildman–Crippen MR) is 68.1 cm³/mol. The Morgan fingerprint density at radius 2 is 1.83 bits per heavy atom. The van der Waals surface area contributed by atoms with E-state index in [1.807, 2.05) is 6.07 Å². The quantitative estimate of drug-likeness (QED) is 0.875. The third kappa shape index (κ3) is 2.63. The van der Waals surface area contributed by atoms with Crippen molar-refractivity contribution in [3.05, 3.63) is 29.6 Å². The van der Waals surface area contributed by atoms with Gasteiger partial charge in [0.15, 0.2) is 0 Å². The molecule has 0 spiro atoms. The number of benzene rings is 1. The molecule has 1 saturated heterocycles. The molecule has 2 N–H and O–H groups in total. The third-order valence-corrected chi connectivity index (χ3v) is 3.36. The van der Waals surface area contributed by atoms with Crippen molar-refractivity contribution in [3.63, 3.8) is 0 Å². The maximum absolute atomic E-state index is 13.5. The van der Waals surface area contributed by atoms with E-state index in [0.717, 1.165) is 11.3 Å². The first-order valence-corrected chi connectivity index (χ1v) is 5.98. The highest BCUT2D eigenvalue weighted by Gasteiger charge is 2.33. The fraction of sp³-hybridized carbons (Fsp3) is 0.538. The molecule has 0 aliphatic carbocycles. The number of methoxy groups -OCH3 is 2. The zero-order chi connectivity index (χ0) is 13.1. The number of ether oxygens (including phenoxy) is 2. The van der Waals surface area contributed by atoms with Gasteiger partial charge in [-0.2, -0.15) is 0 Å². The highest BCUT2D eigenvalue weighted by atomic mass is 19.1. The van der Waals surface area contributed by atoms with Gasteiger partial charge in [-0.25, -0.2) is 4.39 Å². The molecule has 0 radical (unpaired) electrons. The molecule has 2 rings (SSSR count). The summed E-state index contributed by atoms with van der Waals surface area (Å²) in [6, 6.07) is 4.89. The Labute approximate surface area is 106 Å². The lowest BCUT2D eigenvalue weighted by molar-refractivity contribution is -0.00461. The number of rotatable bonds is 4. The fourth-order valence-electron chi connectivity index (χ4n) is 2.34. The van der Waals surface area contributed by atoms with Crippen LogP contribution in [0.5, 0.6) is 0 Å². The van der Waals surface area contributed by atoms with Crippen molar-refractivity contribution in [2.75, 3.05) is 32.2 Å². The van der Waals surface area contributed by atoms with E-state index in [2.05, 4.69) is 4.90 Å². The van der Waals surface area contributed by atoms with E-state index in [0.29, 0.717) is 19.6 Å². The maximum atomic E-state index is 13.5. The fourth-order valence-corrected chi connectivity index (χ4v) is 2.34. The molecule has 1 aromatic rings. The lowest BCUT2D eigenvalue weighted by atomic mass is 10.2. The lowest BCUT2D eigenvalue weighted by Gasteiger charge is -2.19. The Balaban J connectivity index is 2.20. The molecule has 0 aromatic heterocycles. The molecule has 0 amide bonds. The number of nitrogens with zero attached hydrogens (tertiary/aromatic N) is 1. The molecule has 18 heavy (non-hydrogen) atoms. The van der Waals surface area contributed by atoms with Gasteiger partial charge in [-0.05, 0) is 23.8 Å². The van der Waals surface area contributed by atoms with E-state index < -0.39 is 0 Å². The molecule has 0 bridgehead atoms. The average Bonchev–Trinajstić information content (AvgIpc) is 2.81. The standard InChI is InChI=1S/C13H19FN2O2/c1-17-12-7-16(8-13(12)18-2)11-4-9(6-15)3-10(14)5-11/h3-5,12-13H,6-8,15H2,1-2H3. The van der Waals surface area contributed by atoms with Gasteiger partial charge in [0, 0.05) is 39.5 Å². The molecule has 1 aliphatic heterocycles. The molecule has 0 saturated carbocycles. The van der Waals surface area contributed by atoms with Crippen LogP contribution in [0.2, 0.25) is 0 Å². The lowest BCUT2D eigenvalue weighted by Crippen LogP contribution is -2.27. The van der Waals surface area contributed by atoms with Crippen molar-refractivity contribution in [2.45, 2.75) is 18.8 Å². The summed E-state index contributed by atoms with van der Waals surface area (Å²) in [5.74, 6) is -0.261. The Hall–Kier alpha value is -1.17. The normalized spacial score (nSPS) is 23.7. The molecule has 1 fully saturated rings. The summed E-state index contributed by atoms with van der Waals surface area (Å²) in [5, 5.41) is 0. The van der Waals surface area contributed by atoms with E-state index in [4.69, 9.17) is 15.2 Å². The van der Waals surface area contributed by atoms with Crippen molar-refractivity contribution in [1.29, 1.82) is 0 Å². The molecule has 1 aromatic carbocycles. The molecular weight excluding hydrogens is 235 g/mol. The molecule has 100 valence electrons. The van der Waals surface area contributed by atoms with Crippen LogP contribution < -0.4 is 10.6 Å². The maximum Gasteiger partial charge on any atom is 0.125 e. The minimum absolute atomic E-state index is 0.0135. The first kappa shape index (κ1) is 13.3. The average molecular weight is 254 g/mol. The van der Waals surface area contributed by atoms with E-state index in [1.54, 1.807) is 14.2 Å². The summed E-state index contributed by atoms with van der Waals surface area (Å²) in [6.07, 6.45) is 0.0270. The number of anilines is 1. The second-order valence-corrected chi connectivity index (χ2v) is 4.48. The van der Waals surface area contributed by atoms with Gasteiger partial charge in [-0.1, -0.05) is 0 Å². The van der Waals surface area contributed by atoms with E-state index in [9.17, 15) is 4.39 Å². The molecule has 2 atom stereocenters. The number of hydrogen-bond acceptors (Lipinski definition) is 4. The number of nitrogens with two attached hydrogens (primary N) is 1. The first-order chi connectivity index (χ1) is 8.67. The molecule has 4 nitrogen and oxygen atoms in total. The van der Waals surface area contributed by atoms with Crippen molar-refractivity contribution in [2.24, 2.45) is 5.73 Å². The third-order valence-electron chi connectivity index (χ3n) is 3.36. The highest BCUT2D eigenvalue weighted by Crippen LogP contribution is 2.25. The van der Waals surface area contributed by atoms with Gasteiger partial charge >= 0.3 is 0 Å². The molecule has 2 unspecified atom stereocenters. The molecule has 1 aliphatic rings. The Bertz CT molecular complexity index is 402. The van der Waals surface area contributed by atoms with Crippen LogP contribution in [-0.4, -0.2) is 39.5 Å². The topological polar surface area (TPSA) is 47.7 Å². The van der Waals surface area contributed by atoms with Crippen LogP contribution in [0, 0.1) is 5.82 Å². The van der Waals surface area contributed by atoms with Crippen molar-refractivity contribution in [1.82, 2.24) is 0 Å². The van der Waals surface area contributed by atoms with Crippen molar-refractivity contribution < 1.29 is 13.9 Å². The van der Waals surface area contributed by atoms with Crippen LogP contribution in [0.1, 0.15) is 5.56 Å². The van der Waals surface area contributed by atoms with Gasteiger partial charge in [0.05, 0.1) is 0 Å². The first-order valence-electron chi connectivity index (χ1n) is 5.98. The van der Waals surface area contributed by atoms with Gasteiger partial charge in [-0.3, -0.25) is 0 Å². The smallest absolute Gasteiger partial charge is 0.125 e. The number of hydrogen-bond donors (Lipinski definition) is 1. The molecule has 5 heteroatoms. The minimum atomic E-state index is -0.261. The number of halogens is 1. The zero-order valence-electron chi connectivity index (χ0n) is 10.7. The second-order valence-electron chi connectivity index (χ2n) is 4.48. The summed E-state index contributed by atoms with van der Waals surface area (Å²) in [7, 11) is 3.33. The van der Waals surface area contributed by atoms with Gasteiger partial charge in [0.2, 0.25) is 0 Å². The van der Waals surface area contributed by atoms with Crippen LogP contribution in [0.15, 0.2) is 18.2 Å². The Morgan fingerprint density at radius 1 is 1.22 bits per heavy atom. The SMILES string of the molecule is COC1CN(c2cc(F)cc(CN)c2)CC1OC. The van der Waals surface area contributed by atoms with Crippen LogP contribution in [-0.2, 0) is 16.0 Å². The zero-order valence-corrected chi connectivity index (χ0v) is 10.7. The summed E-state index contributed by atoms with van der Waals surface area (Å²) in [4.78, 5) is 2.06. The minimum Gasteiger partial charge on any atom is -0.377 e. The predicted octanol–water partition coefficient (Wildman–Crippen LogP) is 1.13. The molecular formula is C13H19FN2O2. The van der Waals surface area contributed by atoms with Crippen LogP contribution >= 0.6 is 0 Å². The summed E-state index contributed by atoms with van der Waals surface area (Å²) in [6.45, 7) is 1.73. The summed E-state index contributed by atoms with van der Waals surface area (Å²) >= 11 is 0. The van der Waals surface area contributed by atoms with Gasteiger partial charge in [0.1, 0.15) is 18.0 Å². The summed E-state index contributed by atoms with van der Waals surface area (Å²) in [5.41, 5.74) is 7.18. The van der Waals surface area contributed by atoms with Crippen LogP contribution in [0.4, 0.5) is 10.1 Å². The summed E-state index contributed by atoms with van der Waals surface area (Å²) < 4.78 is 24.2. The monoisotopic (exact) mass is 254 g/mol. The second kappa shape index (κ2) is 5.65. The Morgan fingerprint density at radius 3 is 2.33 bits per heavy atom. The van der Waals surface area contributed by atoms with E-state index in [-0.39, 0.29) is 18.0 Å². The molecule has 1 heterocycles. The largest absolute Gasteiger partial charge is 0.377 e. The van der Waals surface area contributed by atoms with Crippen LogP contribution in [0.3, 0.4) is 0 Å². The Kier molecular flexibility index (Phi) is 4.16. The van der Waals surface area contributed by atoms with Gasteiger partial charge < -0.3 is 20.1 Å². The van der Waals surface area contributed by atoms with Gasteiger partial charge in [-0.15, -0.1) is 0 Å². The van der Waals surface area contributed by atoms with Crippen molar-refractivity contribution in [3.8, 4) is 0 Å².